The van der Waals surface area contributed by atoms with Crippen LogP contribution < -0.4 is 24.2 Å². The van der Waals surface area contributed by atoms with E-state index in [0.717, 1.165) is 85.6 Å². The zero-order valence-corrected chi connectivity index (χ0v) is 65.0. The second-order valence-corrected chi connectivity index (χ2v) is 26.4. The summed E-state index contributed by atoms with van der Waals surface area (Å²) in [6.07, 6.45) is -14.5. The molecule has 117 heavy (non-hydrogen) atoms. The van der Waals surface area contributed by atoms with Gasteiger partial charge < -0.3 is 30.3 Å². The first-order chi connectivity index (χ1) is 54.0. The Balaban J connectivity index is 0.000000307. The van der Waals surface area contributed by atoms with Crippen LogP contribution in [0.5, 0.6) is 0 Å². The number of methoxy groups -OCH3 is 2. The van der Waals surface area contributed by atoms with E-state index in [2.05, 4.69) is 26.0 Å². The molecule has 5 atom stereocenters. The summed E-state index contributed by atoms with van der Waals surface area (Å²) in [6, 6.07) is 54.3. The van der Waals surface area contributed by atoms with Crippen molar-refractivity contribution in [3.8, 4) is 0 Å². The van der Waals surface area contributed by atoms with Crippen molar-refractivity contribution in [2.45, 2.75) is 111 Å². The van der Waals surface area contributed by atoms with Gasteiger partial charge in [-0.05, 0) is 181 Å². The standard InChI is InChI=1S/C26H22F5NO.C17H14F4O2.C16H12F4O2.C10H9F3O2.C10H12FN.C7H6BrF.ClH.Li.H2O/c27-22-8-3-1-6-18(22)16-21(17-11-13-19(14-12-17)26(29,30)31)25(33)32-15-5-10-24(32)20-7-2-4-9-23(20)28;1-23-16(22)14(10-12-4-2-3-5-15(12)18)11-6-8-13(9-7-11)17(19,20)21;17-14-4-2-1-3-11(14)9-13(15(21)22)10-5-7-12(8-6-10)16(18,19)20;1-15-9(14)6-7-2-4-8(5-3-7)10(11,12)13;11-9-5-2-1-4-8(9)10-6-3-7-12-10;8-5-6-3-1-2-4-7(6)9;;;/h1-4,6-9,11-14,21,24H,5,10,15-16H2;2-9,14H,10H2,1H3;1-8,13H,9H2,(H,21,22);2-5H,6H2,1H3;1-2,4-5,10,12H,3,6-7H2;1-4H,5H2;1H;;1H2/q;;;;;;;+1;/p-1. The third kappa shape index (κ3) is 30.2. The zero-order valence-electron chi connectivity index (χ0n) is 62.6. The Bertz CT molecular complexity index is 4750. The molecule has 2 aliphatic heterocycles. The van der Waals surface area contributed by atoms with Gasteiger partial charge in [0, 0.05) is 29.0 Å². The number of carbonyl (C=O) groups is 4. The molecule has 2 saturated heterocycles. The number of benzene rings is 10. The number of halogens is 20. The van der Waals surface area contributed by atoms with Gasteiger partial charge in [-0.3, -0.25) is 19.2 Å². The van der Waals surface area contributed by atoms with Gasteiger partial charge in [-0.25, -0.2) is 26.3 Å². The molecular formula is C86H77BrClF18LiN2O8. The van der Waals surface area contributed by atoms with E-state index in [0.29, 0.717) is 58.1 Å². The maximum absolute atomic E-state index is 14.5. The minimum absolute atomic E-state index is 0. The summed E-state index contributed by atoms with van der Waals surface area (Å²) in [4.78, 5) is 49.4. The van der Waals surface area contributed by atoms with Crippen LogP contribution in [0.3, 0.4) is 0 Å². The predicted molar refractivity (Wildman–Crippen MR) is 404 cm³/mol. The number of ether oxygens (including phenoxy) is 2. The third-order valence-corrected chi connectivity index (χ3v) is 18.9. The van der Waals surface area contributed by atoms with E-state index in [1.807, 2.05) is 18.2 Å². The predicted octanol–water partition coefficient (Wildman–Crippen LogP) is 19.9. The van der Waals surface area contributed by atoms with Crippen molar-refractivity contribution in [3.05, 3.63) is 355 Å². The molecule has 1 amide bonds. The minimum Gasteiger partial charge on any atom is -0.870 e. The van der Waals surface area contributed by atoms with E-state index in [-0.39, 0.29) is 103 Å². The summed E-state index contributed by atoms with van der Waals surface area (Å²) < 4.78 is 242. The normalized spacial score (nSPS) is 14.3. The van der Waals surface area contributed by atoms with Gasteiger partial charge in [-0.2, -0.15) is 52.7 Å². The quantitative estimate of drug-likeness (QED) is 0.0393. The summed E-state index contributed by atoms with van der Waals surface area (Å²) in [5.74, 6) is -7.73. The number of carboxylic acids is 1. The maximum Gasteiger partial charge on any atom is 1.00 e. The Hall–Kier alpha value is -9.89. The molecule has 0 spiro atoms. The number of nitrogens with zero attached hydrogens (tertiary/aromatic N) is 1. The summed E-state index contributed by atoms with van der Waals surface area (Å²) >= 11 is 3.17. The van der Waals surface area contributed by atoms with Crippen LogP contribution in [0, 0.1) is 34.9 Å². The first kappa shape index (κ1) is 99.5. The van der Waals surface area contributed by atoms with E-state index >= 15 is 0 Å². The SMILES string of the molecule is COC(=O)C(Cc1ccccc1F)c1ccc(C(F)(F)F)cc1.COC(=O)Cc1ccc(C(F)(F)F)cc1.Cl.Fc1ccccc1C1CCCN1.Fc1ccccc1CBr.O=C(C(Cc1ccccc1F)c1ccc(C(F)(F)F)cc1)N1CCCC1c1ccccc1F.O=C(O)C(Cc1ccccc1F)c1ccc(C(F)(F)F)cc1.[Li+].[OH-]. The number of likely N-dealkylation sites (tertiary alicyclic amines) is 1. The van der Waals surface area contributed by atoms with Gasteiger partial charge in [0.05, 0.1) is 66.7 Å². The molecule has 0 aliphatic carbocycles. The Labute approximate surface area is 689 Å². The topological polar surface area (TPSA) is 152 Å². The number of nitrogens with one attached hydrogen (secondary N) is 1. The van der Waals surface area contributed by atoms with Crippen molar-refractivity contribution < 1.29 is 137 Å². The van der Waals surface area contributed by atoms with Crippen LogP contribution in [0.4, 0.5) is 79.0 Å². The van der Waals surface area contributed by atoms with Crippen LogP contribution in [0.15, 0.2) is 243 Å². The smallest absolute Gasteiger partial charge is 0.870 e. The van der Waals surface area contributed by atoms with Gasteiger partial charge in [0.1, 0.15) is 34.9 Å². The molecule has 10 aromatic rings. The molecule has 10 aromatic carbocycles. The van der Waals surface area contributed by atoms with E-state index in [9.17, 15) is 103 Å². The molecule has 12 rings (SSSR count). The molecule has 5 unspecified atom stereocenters. The molecule has 3 N–H and O–H groups in total. The zero-order chi connectivity index (χ0) is 83.5. The van der Waals surface area contributed by atoms with E-state index in [1.54, 1.807) is 65.6 Å². The number of aliphatic carboxylic acids is 1. The van der Waals surface area contributed by atoms with Gasteiger partial charge >= 0.3 is 61.5 Å². The molecule has 10 nitrogen and oxygen atoms in total. The minimum atomic E-state index is -4.51. The third-order valence-electron chi connectivity index (χ3n) is 18.2. The molecule has 2 heterocycles. The average molecular weight is 1730 g/mol. The Kier molecular flexibility index (Phi) is 39.9. The van der Waals surface area contributed by atoms with E-state index < -0.39 is 112 Å². The molecule has 620 valence electrons. The van der Waals surface area contributed by atoms with Crippen molar-refractivity contribution >= 4 is 52.2 Å². The number of amides is 1. The summed E-state index contributed by atoms with van der Waals surface area (Å²) in [7, 11) is 2.41. The van der Waals surface area contributed by atoms with E-state index in [1.165, 1.54) is 117 Å². The van der Waals surface area contributed by atoms with Gasteiger partial charge in [-0.15, -0.1) is 12.4 Å². The van der Waals surface area contributed by atoms with Crippen molar-refractivity contribution in [1.29, 1.82) is 0 Å². The van der Waals surface area contributed by atoms with Gasteiger partial charge in [0.2, 0.25) is 5.91 Å². The van der Waals surface area contributed by atoms with Crippen molar-refractivity contribution in [2.24, 2.45) is 0 Å². The fourth-order valence-electron chi connectivity index (χ4n) is 12.2. The fraction of sp³-hybridized carbons (Fsp3) is 0.256. The number of esters is 2. The van der Waals surface area contributed by atoms with E-state index in [4.69, 9.17) is 4.74 Å². The van der Waals surface area contributed by atoms with Crippen LogP contribution in [-0.2, 0) is 84.4 Å². The van der Waals surface area contributed by atoms with Crippen molar-refractivity contribution in [1.82, 2.24) is 10.2 Å². The molecule has 0 bridgehead atoms. The first-order valence-electron chi connectivity index (χ1n) is 35.1. The summed E-state index contributed by atoms with van der Waals surface area (Å²) in [5.41, 5.74) is 0.886. The van der Waals surface area contributed by atoms with Crippen LogP contribution in [-0.4, -0.2) is 66.6 Å². The summed E-state index contributed by atoms with van der Waals surface area (Å²) in [5, 5.41) is 13.1. The number of hydrogen-bond donors (Lipinski definition) is 2. The molecule has 0 saturated carbocycles. The van der Waals surface area contributed by atoms with Crippen LogP contribution in [0.1, 0.15) is 133 Å². The monoisotopic (exact) mass is 1730 g/mol. The Morgan fingerprint density at radius 2 is 0.769 bits per heavy atom. The molecular weight excluding hydrogens is 1650 g/mol. The molecule has 2 aliphatic rings. The Morgan fingerprint density at radius 3 is 1.10 bits per heavy atom. The number of hydrogen-bond acceptors (Lipinski definition) is 8. The second-order valence-electron chi connectivity index (χ2n) is 25.8. The number of rotatable bonds is 17. The van der Waals surface area contributed by atoms with Gasteiger partial charge in [0.25, 0.3) is 0 Å². The molecule has 31 heteroatoms. The largest absolute Gasteiger partial charge is 1.00 e. The Morgan fingerprint density at radius 1 is 0.436 bits per heavy atom. The second kappa shape index (κ2) is 46.9. The summed E-state index contributed by atoms with van der Waals surface area (Å²) in [6.45, 7) is 1.41. The van der Waals surface area contributed by atoms with Crippen molar-refractivity contribution in [2.75, 3.05) is 27.3 Å². The number of alkyl halides is 13. The van der Waals surface area contributed by atoms with Crippen LogP contribution in [0.2, 0.25) is 0 Å². The average Bonchev–Trinajstić information content (AvgIpc) is 1.70. The molecule has 0 radical (unpaired) electrons. The molecule has 2 fully saturated rings. The maximum atomic E-state index is 14.5. The van der Waals surface area contributed by atoms with Crippen LogP contribution in [0.25, 0.3) is 0 Å². The van der Waals surface area contributed by atoms with Gasteiger partial charge in [-0.1, -0.05) is 174 Å². The number of carbonyl (C=O) groups excluding carboxylic acids is 3. The fourth-order valence-corrected chi connectivity index (χ4v) is 12.7. The van der Waals surface area contributed by atoms with Crippen molar-refractivity contribution in [3.63, 3.8) is 0 Å². The van der Waals surface area contributed by atoms with Gasteiger partial charge in [0.15, 0.2) is 0 Å². The first-order valence-corrected chi connectivity index (χ1v) is 36.2. The van der Waals surface area contributed by atoms with Crippen LogP contribution >= 0.6 is 28.3 Å². The molecule has 0 aromatic heterocycles. The number of carboxylic acid groups (broad SMARTS) is 1.